The van der Waals surface area contributed by atoms with Gasteiger partial charge in [0, 0.05) is 24.7 Å². The third kappa shape index (κ3) is 4.67. The molecule has 0 aromatic heterocycles. The number of carbonyl (C=O) groups is 2. The molecule has 1 aliphatic rings. The molecule has 3 atom stereocenters. The second-order valence-corrected chi connectivity index (χ2v) is 6.83. The van der Waals surface area contributed by atoms with Gasteiger partial charge in [0.05, 0.1) is 17.9 Å². The van der Waals surface area contributed by atoms with Crippen LogP contribution in [0.3, 0.4) is 0 Å². The predicted octanol–water partition coefficient (Wildman–Crippen LogP) is 3.57. The Kier molecular flexibility index (Phi) is 5.96. The van der Waals surface area contributed by atoms with Gasteiger partial charge in [0.1, 0.15) is 11.6 Å². The van der Waals surface area contributed by atoms with Crippen LogP contribution in [-0.2, 0) is 4.79 Å². The Hall–Kier alpha value is -2.39. The first-order chi connectivity index (χ1) is 12.4. The van der Waals surface area contributed by atoms with Crippen molar-refractivity contribution in [3.63, 3.8) is 0 Å². The zero-order valence-corrected chi connectivity index (χ0v) is 14.6. The van der Waals surface area contributed by atoms with E-state index >= 15 is 0 Å². The van der Waals surface area contributed by atoms with Crippen molar-refractivity contribution in [3.05, 3.63) is 35.4 Å². The molecule has 1 fully saturated rings. The van der Waals surface area contributed by atoms with Gasteiger partial charge in [0.15, 0.2) is 0 Å². The number of benzene rings is 1. The first-order valence-electron chi connectivity index (χ1n) is 8.21. The van der Waals surface area contributed by atoms with Crippen LogP contribution in [-0.4, -0.2) is 41.3 Å². The molecule has 1 heterocycles. The first-order valence-corrected chi connectivity index (χ1v) is 8.21. The average molecular weight is 394 g/mol. The highest BCUT2D eigenvalue weighted by Gasteiger charge is 2.53. The molecule has 2 N–H and O–H groups in total. The van der Waals surface area contributed by atoms with Gasteiger partial charge >= 0.3 is 18.2 Å². The lowest BCUT2D eigenvalue weighted by Gasteiger charge is -2.27. The summed E-state index contributed by atoms with van der Waals surface area (Å²) in [5.41, 5.74) is -0.0129. The van der Waals surface area contributed by atoms with Gasteiger partial charge < -0.3 is 15.3 Å². The summed E-state index contributed by atoms with van der Waals surface area (Å²) in [7, 11) is 0. The van der Waals surface area contributed by atoms with Crippen LogP contribution in [0.15, 0.2) is 18.2 Å². The highest BCUT2D eigenvalue weighted by atomic mass is 19.4. The van der Waals surface area contributed by atoms with Crippen molar-refractivity contribution in [2.24, 2.45) is 17.8 Å². The molecule has 10 heteroatoms. The minimum atomic E-state index is -4.77. The molecular formula is C17H19F5N2O3. The van der Waals surface area contributed by atoms with E-state index in [1.165, 1.54) is 0 Å². The molecule has 0 saturated carbocycles. The fraction of sp³-hybridized carbons (Fsp3) is 0.529. The number of rotatable bonds is 4. The van der Waals surface area contributed by atoms with Crippen LogP contribution in [0.2, 0.25) is 0 Å². The quantitative estimate of drug-likeness (QED) is 0.768. The number of amides is 2. The summed E-state index contributed by atoms with van der Waals surface area (Å²) in [6.45, 7) is 1.89. The van der Waals surface area contributed by atoms with E-state index in [0.717, 1.165) is 17.0 Å². The van der Waals surface area contributed by atoms with Gasteiger partial charge in [-0.3, -0.25) is 4.79 Å². The number of nitrogens with zero attached hydrogens (tertiary/aromatic N) is 1. The number of likely N-dealkylation sites (tertiary alicyclic amines) is 1. The SMILES string of the molecule is CC(C)C(NC(=O)N1C[C@@H](C(F)(F)F)[C@H](C(=O)O)C1)c1ccc(F)cc1F. The first kappa shape index (κ1) is 20.9. The molecule has 1 aliphatic heterocycles. The van der Waals surface area contributed by atoms with Crippen LogP contribution in [0.25, 0.3) is 0 Å². The third-order valence-corrected chi connectivity index (χ3v) is 4.59. The number of nitrogens with one attached hydrogen (secondary N) is 1. The smallest absolute Gasteiger partial charge is 0.394 e. The molecule has 27 heavy (non-hydrogen) atoms. The normalized spacial score (nSPS) is 21.4. The molecule has 1 saturated heterocycles. The van der Waals surface area contributed by atoms with Gasteiger partial charge in [0.2, 0.25) is 0 Å². The maximum atomic E-state index is 14.0. The summed E-state index contributed by atoms with van der Waals surface area (Å²) < 4.78 is 66.3. The second kappa shape index (κ2) is 7.69. The molecule has 0 spiro atoms. The van der Waals surface area contributed by atoms with Crippen molar-refractivity contribution in [3.8, 4) is 0 Å². The van der Waals surface area contributed by atoms with Crippen LogP contribution >= 0.6 is 0 Å². The molecule has 150 valence electrons. The summed E-state index contributed by atoms with van der Waals surface area (Å²) >= 11 is 0. The van der Waals surface area contributed by atoms with E-state index in [2.05, 4.69) is 5.32 Å². The van der Waals surface area contributed by atoms with Gasteiger partial charge in [-0.15, -0.1) is 0 Å². The summed E-state index contributed by atoms with van der Waals surface area (Å²) in [5.74, 6) is -7.65. The van der Waals surface area contributed by atoms with E-state index in [9.17, 15) is 31.5 Å². The van der Waals surface area contributed by atoms with Crippen molar-refractivity contribution in [2.45, 2.75) is 26.1 Å². The van der Waals surface area contributed by atoms with Crippen molar-refractivity contribution in [1.29, 1.82) is 0 Å². The number of carboxylic acids is 1. The van der Waals surface area contributed by atoms with E-state index in [4.69, 9.17) is 5.11 Å². The number of hydrogen-bond acceptors (Lipinski definition) is 2. The fourth-order valence-corrected chi connectivity index (χ4v) is 3.13. The zero-order chi connectivity index (χ0) is 20.5. The molecule has 0 radical (unpaired) electrons. The van der Waals surface area contributed by atoms with Gasteiger partial charge in [-0.2, -0.15) is 13.2 Å². The molecule has 0 aliphatic carbocycles. The molecular weight excluding hydrogens is 375 g/mol. The summed E-state index contributed by atoms with van der Waals surface area (Å²) in [4.78, 5) is 24.3. The maximum Gasteiger partial charge on any atom is 0.394 e. The molecule has 0 bridgehead atoms. The summed E-state index contributed by atoms with van der Waals surface area (Å²) in [5, 5.41) is 11.4. The summed E-state index contributed by atoms with van der Waals surface area (Å²) in [6, 6.07) is 0.947. The van der Waals surface area contributed by atoms with Crippen molar-refractivity contribution >= 4 is 12.0 Å². The summed E-state index contributed by atoms with van der Waals surface area (Å²) in [6.07, 6.45) is -4.77. The van der Waals surface area contributed by atoms with Crippen LogP contribution in [0.5, 0.6) is 0 Å². The lowest BCUT2D eigenvalue weighted by atomic mass is 9.95. The maximum absolute atomic E-state index is 14.0. The van der Waals surface area contributed by atoms with Gasteiger partial charge in [-0.05, 0) is 12.0 Å². The van der Waals surface area contributed by atoms with Crippen molar-refractivity contribution < 1.29 is 36.6 Å². The Bertz CT molecular complexity index is 723. The molecule has 2 amide bonds. The number of carbonyl (C=O) groups excluding carboxylic acids is 1. The van der Waals surface area contributed by atoms with Crippen molar-refractivity contribution in [1.82, 2.24) is 10.2 Å². The van der Waals surface area contributed by atoms with Gasteiger partial charge in [0.25, 0.3) is 0 Å². The van der Waals surface area contributed by atoms with E-state index in [0.29, 0.717) is 6.07 Å². The van der Waals surface area contributed by atoms with Crippen LogP contribution in [0.1, 0.15) is 25.5 Å². The molecule has 1 aromatic carbocycles. The standard InChI is InChI=1S/C17H19F5N2O3/c1-8(2)14(10-4-3-9(18)5-13(10)19)23-16(27)24-6-11(15(25)26)12(7-24)17(20,21)22/h3-5,8,11-12,14H,6-7H2,1-2H3,(H,23,27)(H,25,26)/t11-,12-,14?/m1/s1. The van der Waals surface area contributed by atoms with Gasteiger partial charge in [-0.1, -0.05) is 19.9 Å². The number of halogens is 5. The highest BCUT2D eigenvalue weighted by Crippen LogP contribution is 2.38. The molecule has 1 aromatic rings. The molecule has 1 unspecified atom stereocenters. The Balaban J connectivity index is 2.20. The fourth-order valence-electron chi connectivity index (χ4n) is 3.13. The minimum Gasteiger partial charge on any atom is -0.481 e. The largest absolute Gasteiger partial charge is 0.481 e. The van der Waals surface area contributed by atoms with Crippen LogP contribution in [0, 0.1) is 29.4 Å². The molecule has 5 nitrogen and oxygen atoms in total. The Morgan fingerprint density at radius 2 is 1.85 bits per heavy atom. The average Bonchev–Trinajstić information content (AvgIpc) is 2.98. The number of carboxylic acid groups (broad SMARTS) is 1. The van der Waals surface area contributed by atoms with E-state index in [1.54, 1.807) is 13.8 Å². The molecule has 2 rings (SSSR count). The van der Waals surface area contributed by atoms with Gasteiger partial charge in [-0.25, -0.2) is 13.6 Å². The van der Waals surface area contributed by atoms with Crippen molar-refractivity contribution in [2.75, 3.05) is 13.1 Å². The highest BCUT2D eigenvalue weighted by molar-refractivity contribution is 5.78. The lowest BCUT2D eigenvalue weighted by Crippen LogP contribution is -2.42. The predicted molar refractivity (Wildman–Crippen MR) is 84.7 cm³/mol. The monoisotopic (exact) mass is 394 g/mol. The number of alkyl halides is 3. The Morgan fingerprint density at radius 1 is 1.22 bits per heavy atom. The van der Waals surface area contributed by atoms with Crippen LogP contribution in [0.4, 0.5) is 26.7 Å². The third-order valence-electron chi connectivity index (χ3n) is 4.59. The Labute approximate surface area is 152 Å². The topological polar surface area (TPSA) is 69.6 Å². The number of urea groups is 1. The second-order valence-electron chi connectivity index (χ2n) is 6.83. The van der Waals surface area contributed by atoms with E-state index in [-0.39, 0.29) is 11.5 Å². The number of aliphatic carboxylic acids is 1. The number of hydrogen-bond donors (Lipinski definition) is 2. The van der Waals surface area contributed by atoms with E-state index < -0.39 is 60.8 Å². The Morgan fingerprint density at radius 3 is 2.30 bits per heavy atom. The lowest BCUT2D eigenvalue weighted by molar-refractivity contribution is -0.187. The minimum absolute atomic E-state index is 0.0129. The van der Waals surface area contributed by atoms with E-state index in [1.807, 2.05) is 0 Å². The zero-order valence-electron chi connectivity index (χ0n) is 14.6. The van der Waals surface area contributed by atoms with Crippen LogP contribution < -0.4 is 5.32 Å².